The van der Waals surface area contributed by atoms with Gasteiger partial charge in [-0.1, -0.05) is 0 Å². The predicted octanol–water partition coefficient (Wildman–Crippen LogP) is 0.227. The van der Waals surface area contributed by atoms with Crippen LogP contribution in [0.5, 0.6) is 0 Å². The summed E-state index contributed by atoms with van der Waals surface area (Å²) in [5, 5.41) is 18.2. The number of carbonyl (C=O) groups is 2. The van der Waals surface area contributed by atoms with Gasteiger partial charge in [-0.2, -0.15) is 5.10 Å². The highest BCUT2D eigenvalue weighted by Gasteiger charge is 2.34. The lowest BCUT2D eigenvalue weighted by Crippen LogP contribution is -2.50. The minimum absolute atomic E-state index is 0.0238. The summed E-state index contributed by atoms with van der Waals surface area (Å²) in [6.45, 7) is 5.49. The molecule has 3 heterocycles. The third kappa shape index (κ3) is 5.77. The van der Waals surface area contributed by atoms with Crippen LogP contribution in [0.2, 0.25) is 0 Å². The molecule has 2 aliphatic heterocycles. The van der Waals surface area contributed by atoms with Crippen molar-refractivity contribution >= 4 is 11.8 Å². The van der Waals surface area contributed by atoms with Gasteiger partial charge in [0.25, 0.3) is 0 Å². The number of rotatable bonds is 5. The molecule has 27 heavy (non-hydrogen) atoms. The molecule has 1 aromatic heterocycles. The molecule has 2 amide bonds. The monoisotopic (exact) mass is 377 g/mol. The summed E-state index contributed by atoms with van der Waals surface area (Å²) in [7, 11) is 0. The first-order chi connectivity index (χ1) is 12.9. The van der Waals surface area contributed by atoms with Crippen LogP contribution in [0, 0.1) is 0 Å². The van der Waals surface area contributed by atoms with Crippen LogP contribution in [0.4, 0.5) is 0 Å². The summed E-state index contributed by atoms with van der Waals surface area (Å²) < 4.78 is 1.64. The van der Waals surface area contributed by atoms with E-state index in [2.05, 4.69) is 15.3 Å². The largest absolute Gasteiger partial charge is 0.388 e. The van der Waals surface area contributed by atoms with E-state index in [0.717, 1.165) is 32.4 Å². The number of hydrogen-bond donors (Lipinski definition) is 2. The average Bonchev–Trinajstić information content (AvgIpc) is 3.04. The minimum atomic E-state index is -0.748. The number of likely N-dealkylation sites (tertiary alicyclic amines) is 2. The first-order valence-electron chi connectivity index (χ1n) is 9.91. The van der Waals surface area contributed by atoms with Gasteiger partial charge in [-0.15, -0.1) is 0 Å². The van der Waals surface area contributed by atoms with Crippen LogP contribution in [0.15, 0.2) is 18.5 Å². The van der Waals surface area contributed by atoms with Crippen molar-refractivity contribution in [2.24, 2.45) is 0 Å². The second-order valence-corrected chi connectivity index (χ2v) is 7.91. The normalized spacial score (nSPS) is 25.2. The van der Waals surface area contributed by atoms with Crippen LogP contribution in [-0.4, -0.2) is 80.9 Å². The fourth-order valence-electron chi connectivity index (χ4n) is 4.16. The Labute approximate surface area is 160 Å². The lowest BCUT2D eigenvalue weighted by Gasteiger charge is -2.38. The van der Waals surface area contributed by atoms with Gasteiger partial charge in [-0.05, 0) is 38.2 Å². The van der Waals surface area contributed by atoms with Crippen LogP contribution < -0.4 is 5.32 Å². The molecule has 8 nitrogen and oxygen atoms in total. The van der Waals surface area contributed by atoms with Gasteiger partial charge in [0, 0.05) is 58.1 Å². The van der Waals surface area contributed by atoms with Crippen molar-refractivity contribution in [1.82, 2.24) is 24.9 Å². The van der Waals surface area contributed by atoms with Gasteiger partial charge in [0.1, 0.15) is 6.54 Å². The molecule has 3 rings (SSSR count). The van der Waals surface area contributed by atoms with Crippen molar-refractivity contribution in [2.75, 3.05) is 32.7 Å². The van der Waals surface area contributed by atoms with Gasteiger partial charge in [0.05, 0.1) is 5.60 Å². The lowest BCUT2D eigenvalue weighted by molar-refractivity contribution is -0.132. The number of carbonyl (C=O) groups excluding carboxylic acids is 2. The Kier molecular flexibility index (Phi) is 6.49. The van der Waals surface area contributed by atoms with Gasteiger partial charge < -0.3 is 20.2 Å². The third-order valence-electron chi connectivity index (χ3n) is 5.64. The summed E-state index contributed by atoms with van der Waals surface area (Å²) >= 11 is 0. The molecule has 0 bridgehead atoms. The SMILES string of the molecule is CC(=O)NC1CCN(C[C@@]2(O)CCCN(C(=O)Cn3cccn3)CC2)CC1. The zero-order valence-corrected chi connectivity index (χ0v) is 16.1. The molecule has 2 fully saturated rings. The number of amides is 2. The Balaban J connectivity index is 1.46. The van der Waals surface area contributed by atoms with Gasteiger partial charge >= 0.3 is 0 Å². The summed E-state index contributed by atoms with van der Waals surface area (Å²) in [5.74, 6) is 0.0785. The van der Waals surface area contributed by atoms with Crippen molar-refractivity contribution < 1.29 is 14.7 Å². The Hall–Kier alpha value is -1.93. The van der Waals surface area contributed by atoms with Crippen LogP contribution in [0.3, 0.4) is 0 Å². The van der Waals surface area contributed by atoms with E-state index < -0.39 is 5.60 Å². The van der Waals surface area contributed by atoms with Gasteiger partial charge in [-0.25, -0.2) is 0 Å². The average molecular weight is 377 g/mol. The predicted molar refractivity (Wildman–Crippen MR) is 101 cm³/mol. The summed E-state index contributed by atoms with van der Waals surface area (Å²) in [5.41, 5.74) is -0.748. The third-order valence-corrected chi connectivity index (χ3v) is 5.64. The number of hydrogen-bond acceptors (Lipinski definition) is 5. The number of aromatic nitrogens is 2. The van der Waals surface area contributed by atoms with E-state index in [1.54, 1.807) is 24.0 Å². The fraction of sp³-hybridized carbons (Fsp3) is 0.737. The van der Waals surface area contributed by atoms with Gasteiger partial charge in [0.15, 0.2) is 0 Å². The topological polar surface area (TPSA) is 90.7 Å². The van der Waals surface area contributed by atoms with E-state index in [1.165, 1.54) is 0 Å². The number of β-amino-alcohol motifs (C(OH)–C–C–N with tert-alkyl or cyclic N) is 1. The molecule has 8 heteroatoms. The van der Waals surface area contributed by atoms with Crippen molar-refractivity contribution in [1.29, 1.82) is 0 Å². The highest BCUT2D eigenvalue weighted by Crippen LogP contribution is 2.25. The number of nitrogens with zero attached hydrogens (tertiary/aromatic N) is 4. The number of aliphatic hydroxyl groups is 1. The molecular formula is C19H31N5O3. The second-order valence-electron chi connectivity index (χ2n) is 7.91. The van der Waals surface area contributed by atoms with E-state index in [4.69, 9.17) is 0 Å². The van der Waals surface area contributed by atoms with Crippen LogP contribution in [0.1, 0.15) is 39.0 Å². The molecule has 150 valence electrons. The highest BCUT2D eigenvalue weighted by molar-refractivity contribution is 5.76. The lowest BCUT2D eigenvalue weighted by atomic mass is 9.93. The smallest absolute Gasteiger partial charge is 0.244 e. The maximum Gasteiger partial charge on any atom is 0.244 e. The number of piperidine rings is 1. The van der Waals surface area contributed by atoms with E-state index in [0.29, 0.717) is 32.5 Å². The molecule has 2 saturated heterocycles. The highest BCUT2D eigenvalue weighted by atomic mass is 16.3. The molecule has 0 aliphatic carbocycles. The standard InChI is InChI=1S/C19H31N5O3/c1-16(25)21-17-4-11-22(12-5-17)15-19(27)6-2-9-23(13-7-19)18(26)14-24-10-3-8-20-24/h3,8,10,17,27H,2,4-7,9,11-15H2,1H3,(H,21,25)/t19-/m1/s1. The molecule has 2 aliphatic rings. The molecule has 0 radical (unpaired) electrons. The quantitative estimate of drug-likeness (QED) is 0.766. The minimum Gasteiger partial charge on any atom is -0.388 e. The van der Waals surface area contributed by atoms with E-state index in [-0.39, 0.29) is 24.4 Å². The molecule has 1 atom stereocenters. The molecule has 1 aromatic rings. The first-order valence-corrected chi connectivity index (χ1v) is 9.91. The maximum absolute atomic E-state index is 12.5. The van der Waals surface area contributed by atoms with Gasteiger partial charge in [-0.3, -0.25) is 14.3 Å². The molecule has 0 spiro atoms. The molecule has 0 aromatic carbocycles. The van der Waals surface area contributed by atoms with Crippen molar-refractivity contribution in [3.05, 3.63) is 18.5 Å². The van der Waals surface area contributed by atoms with Gasteiger partial charge in [0.2, 0.25) is 11.8 Å². The van der Waals surface area contributed by atoms with Crippen molar-refractivity contribution in [2.45, 2.75) is 57.2 Å². The first kappa shape index (κ1) is 19.8. The Morgan fingerprint density at radius 1 is 1.22 bits per heavy atom. The molecular weight excluding hydrogens is 346 g/mol. The molecule has 0 saturated carbocycles. The van der Waals surface area contributed by atoms with E-state index in [9.17, 15) is 14.7 Å². The van der Waals surface area contributed by atoms with Crippen molar-refractivity contribution in [3.8, 4) is 0 Å². The summed E-state index contributed by atoms with van der Waals surface area (Å²) in [6.07, 6.45) is 7.42. The zero-order valence-electron chi connectivity index (χ0n) is 16.1. The van der Waals surface area contributed by atoms with Crippen LogP contribution in [0.25, 0.3) is 0 Å². The van der Waals surface area contributed by atoms with E-state index in [1.807, 2.05) is 11.0 Å². The van der Waals surface area contributed by atoms with Crippen LogP contribution in [-0.2, 0) is 16.1 Å². The second kappa shape index (κ2) is 8.84. The molecule has 0 unspecified atom stereocenters. The fourth-order valence-corrected chi connectivity index (χ4v) is 4.16. The Morgan fingerprint density at radius 2 is 2.00 bits per heavy atom. The van der Waals surface area contributed by atoms with Crippen molar-refractivity contribution in [3.63, 3.8) is 0 Å². The van der Waals surface area contributed by atoms with E-state index >= 15 is 0 Å². The maximum atomic E-state index is 12.5. The Morgan fingerprint density at radius 3 is 2.67 bits per heavy atom. The molecule has 2 N–H and O–H groups in total. The number of nitrogens with one attached hydrogen (secondary N) is 1. The zero-order chi connectivity index (χ0) is 19.3. The Bertz CT molecular complexity index is 627. The summed E-state index contributed by atoms with van der Waals surface area (Å²) in [6, 6.07) is 2.06. The van der Waals surface area contributed by atoms with Crippen LogP contribution >= 0.6 is 0 Å². The summed E-state index contributed by atoms with van der Waals surface area (Å²) in [4.78, 5) is 27.8.